The SMILES string of the molecule is NC(Cc1ccc(Br)cc1F)c1cc2cc(F)ccc2s1. The van der Waals surface area contributed by atoms with Crippen molar-refractivity contribution >= 4 is 37.4 Å². The molecule has 0 saturated heterocycles. The molecule has 3 rings (SSSR count). The summed E-state index contributed by atoms with van der Waals surface area (Å²) < 4.78 is 28.7. The Hall–Kier alpha value is -1.30. The molecule has 0 radical (unpaired) electrons. The highest BCUT2D eigenvalue weighted by atomic mass is 79.9. The molecule has 2 N–H and O–H groups in total. The van der Waals surface area contributed by atoms with E-state index in [0.717, 1.165) is 15.0 Å². The lowest BCUT2D eigenvalue weighted by molar-refractivity contribution is 0.594. The first-order valence-electron chi connectivity index (χ1n) is 6.41. The first-order chi connectivity index (χ1) is 10.0. The fourth-order valence-corrected chi connectivity index (χ4v) is 3.62. The van der Waals surface area contributed by atoms with Crippen LogP contribution in [0.1, 0.15) is 16.5 Å². The van der Waals surface area contributed by atoms with E-state index in [-0.39, 0.29) is 17.7 Å². The normalized spacial score (nSPS) is 12.8. The average molecular weight is 368 g/mol. The highest BCUT2D eigenvalue weighted by Gasteiger charge is 2.14. The molecule has 108 valence electrons. The van der Waals surface area contributed by atoms with E-state index in [0.29, 0.717) is 16.5 Å². The zero-order chi connectivity index (χ0) is 15.0. The van der Waals surface area contributed by atoms with E-state index in [2.05, 4.69) is 15.9 Å². The molecule has 0 aliphatic carbocycles. The lowest BCUT2D eigenvalue weighted by Gasteiger charge is -2.10. The van der Waals surface area contributed by atoms with Gasteiger partial charge < -0.3 is 5.73 Å². The van der Waals surface area contributed by atoms with Crippen LogP contribution in [0.15, 0.2) is 46.9 Å². The van der Waals surface area contributed by atoms with Gasteiger partial charge in [0.25, 0.3) is 0 Å². The first-order valence-corrected chi connectivity index (χ1v) is 8.02. The number of halogens is 3. The van der Waals surface area contributed by atoms with E-state index < -0.39 is 0 Å². The van der Waals surface area contributed by atoms with Gasteiger partial charge in [0.15, 0.2) is 0 Å². The number of nitrogens with two attached hydrogens (primary N) is 1. The van der Waals surface area contributed by atoms with Gasteiger partial charge in [0, 0.05) is 20.1 Å². The van der Waals surface area contributed by atoms with Gasteiger partial charge in [-0.15, -0.1) is 11.3 Å². The Morgan fingerprint density at radius 1 is 1.10 bits per heavy atom. The molecular weight excluding hydrogens is 356 g/mol. The van der Waals surface area contributed by atoms with Gasteiger partial charge in [0.1, 0.15) is 11.6 Å². The molecule has 0 fully saturated rings. The van der Waals surface area contributed by atoms with Crippen LogP contribution < -0.4 is 5.73 Å². The minimum Gasteiger partial charge on any atom is -0.323 e. The van der Waals surface area contributed by atoms with Crippen molar-refractivity contribution in [1.82, 2.24) is 0 Å². The van der Waals surface area contributed by atoms with Gasteiger partial charge in [-0.05, 0) is 53.8 Å². The van der Waals surface area contributed by atoms with Gasteiger partial charge >= 0.3 is 0 Å². The number of benzene rings is 2. The van der Waals surface area contributed by atoms with Crippen LogP contribution in [0.25, 0.3) is 10.1 Å². The Labute approximate surface area is 133 Å². The summed E-state index contributed by atoms with van der Waals surface area (Å²) in [6.45, 7) is 0. The Bertz CT molecular complexity index is 800. The van der Waals surface area contributed by atoms with E-state index in [1.165, 1.54) is 29.5 Å². The van der Waals surface area contributed by atoms with Crippen molar-refractivity contribution < 1.29 is 8.78 Å². The fourth-order valence-electron chi connectivity index (χ4n) is 2.24. The summed E-state index contributed by atoms with van der Waals surface area (Å²) in [6.07, 6.45) is 0.411. The number of hydrogen-bond acceptors (Lipinski definition) is 2. The van der Waals surface area contributed by atoms with Crippen molar-refractivity contribution in [3.05, 3.63) is 69.0 Å². The summed E-state index contributed by atoms with van der Waals surface area (Å²) in [5.41, 5.74) is 6.75. The van der Waals surface area contributed by atoms with E-state index in [1.807, 2.05) is 6.07 Å². The molecule has 0 aliphatic heterocycles. The zero-order valence-electron chi connectivity index (χ0n) is 10.9. The van der Waals surface area contributed by atoms with Gasteiger partial charge in [-0.25, -0.2) is 8.78 Å². The van der Waals surface area contributed by atoms with E-state index >= 15 is 0 Å². The van der Waals surface area contributed by atoms with Gasteiger partial charge in [0.2, 0.25) is 0 Å². The second-order valence-corrected chi connectivity index (χ2v) is 6.91. The zero-order valence-corrected chi connectivity index (χ0v) is 13.3. The minimum atomic E-state index is -0.305. The molecule has 21 heavy (non-hydrogen) atoms. The maximum atomic E-state index is 13.9. The van der Waals surface area contributed by atoms with Crippen molar-refractivity contribution in [2.75, 3.05) is 0 Å². The molecule has 0 amide bonds. The molecule has 0 bridgehead atoms. The third-order valence-electron chi connectivity index (χ3n) is 3.32. The Morgan fingerprint density at radius 2 is 1.90 bits per heavy atom. The van der Waals surface area contributed by atoms with Crippen molar-refractivity contribution in [2.45, 2.75) is 12.5 Å². The number of thiophene rings is 1. The molecule has 2 aromatic carbocycles. The van der Waals surface area contributed by atoms with Crippen molar-refractivity contribution in [1.29, 1.82) is 0 Å². The van der Waals surface area contributed by atoms with Gasteiger partial charge in [-0.1, -0.05) is 22.0 Å². The van der Waals surface area contributed by atoms with Crippen LogP contribution in [0.5, 0.6) is 0 Å². The fraction of sp³-hybridized carbons (Fsp3) is 0.125. The molecule has 0 spiro atoms. The van der Waals surface area contributed by atoms with Crippen LogP contribution in [-0.2, 0) is 6.42 Å². The van der Waals surface area contributed by atoms with Crippen LogP contribution in [0.2, 0.25) is 0 Å². The largest absolute Gasteiger partial charge is 0.323 e. The first kappa shape index (κ1) is 14.6. The van der Waals surface area contributed by atoms with Gasteiger partial charge in [-0.3, -0.25) is 0 Å². The highest BCUT2D eigenvalue weighted by Crippen LogP contribution is 2.31. The van der Waals surface area contributed by atoms with E-state index in [4.69, 9.17) is 5.73 Å². The maximum absolute atomic E-state index is 13.9. The second kappa shape index (κ2) is 5.83. The summed E-state index contributed by atoms with van der Waals surface area (Å²) in [6, 6.07) is 11.2. The van der Waals surface area contributed by atoms with Crippen LogP contribution in [-0.4, -0.2) is 0 Å². The summed E-state index contributed by atoms with van der Waals surface area (Å²) in [7, 11) is 0. The predicted molar refractivity (Wildman–Crippen MR) is 86.5 cm³/mol. The Balaban J connectivity index is 1.87. The molecule has 1 nitrogen and oxygen atoms in total. The number of rotatable bonds is 3. The van der Waals surface area contributed by atoms with Gasteiger partial charge in [-0.2, -0.15) is 0 Å². The van der Waals surface area contributed by atoms with E-state index in [1.54, 1.807) is 18.2 Å². The summed E-state index contributed by atoms with van der Waals surface area (Å²) >= 11 is 4.75. The van der Waals surface area contributed by atoms with Crippen LogP contribution in [0, 0.1) is 11.6 Å². The smallest absolute Gasteiger partial charge is 0.127 e. The highest BCUT2D eigenvalue weighted by molar-refractivity contribution is 9.10. The molecule has 1 unspecified atom stereocenters. The monoisotopic (exact) mass is 367 g/mol. The van der Waals surface area contributed by atoms with Crippen LogP contribution in [0.4, 0.5) is 8.78 Å². The topological polar surface area (TPSA) is 26.0 Å². The van der Waals surface area contributed by atoms with E-state index in [9.17, 15) is 8.78 Å². The lowest BCUT2D eigenvalue weighted by atomic mass is 10.0. The lowest BCUT2D eigenvalue weighted by Crippen LogP contribution is -2.12. The molecule has 1 aromatic heterocycles. The van der Waals surface area contributed by atoms with Crippen LogP contribution in [0.3, 0.4) is 0 Å². The number of hydrogen-bond donors (Lipinski definition) is 1. The summed E-state index contributed by atoms with van der Waals surface area (Å²) in [5.74, 6) is -0.536. The van der Waals surface area contributed by atoms with Crippen molar-refractivity contribution in [3.63, 3.8) is 0 Å². The van der Waals surface area contributed by atoms with Crippen LogP contribution >= 0.6 is 27.3 Å². The molecule has 5 heteroatoms. The molecule has 3 aromatic rings. The second-order valence-electron chi connectivity index (χ2n) is 4.88. The summed E-state index contributed by atoms with van der Waals surface area (Å²) in [4.78, 5) is 0.929. The predicted octanol–water partition coefficient (Wildman–Crippen LogP) is 5.18. The quantitative estimate of drug-likeness (QED) is 0.677. The maximum Gasteiger partial charge on any atom is 0.127 e. The standard InChI is InChI=1S/C16H12BrF2NS/c17-11-2-1-9(13(19)8-11)6-14(20)16-7-10-5-12(18)3-4-15(10)21-16/h1-5,7-8,14H,6,20H2. The molecule has 0 aliphatic rings. The van der Waals surface area contributed by atoms with Crippen molar-refractivity contribution in [2.24, 2.45) is 5.73 Å². The molecular formula is C16H12BrF2NS. The third-order valence-corrected chi connectivity index (χ3v) is 5.06. The molecule has 1 heterocycles. The Morgan fingerprint density at radius 3 is 2.67 bits per heavy atom. The third kappa shape index (κ3) is 3.15. The average Bonchev–Trinajstić information content (AvgIpc) is 2.85. The molecule has 1 atom stereocenters. The van der Waals surface area contributed by atoms with Crippen molar-refractivity contribution in [3.8, 4) is 0 Å². The number of fused-ring (bicyclic) bond motifs is 1. The summed E-state index contributed by atoms with van der Waals surface area (Å²) in [5, 5.41) is 0.835. The minimum absolute atomic E-state index is 0.264. The Kier molecular flexibility index (Phi) is 4.06. The molecule has 0 saturated carbocycles. The van der Waals surface area contributed by atoms with Gasteiger partial charge in [0.05, 0.1) is 0 Å².